The molecule has 1 saturated heterocycles. The van der Waals surface area contributed by atoms with Crippen molar-refractivity contribution in [3.63, 3.8) is 0 Å². The van der Waals surface area contributed by atoms with Crippen LogP contribution in [0.25, 0.3) is 11.2 Å². The van der Waals surface area contributed by atoms with Crippen LogP contribution < -0.4 is 5.32 Å². The van der Waals surface area contributed by atoms with Crippen LogP contribution >= 0.6 is 0 Å². The molecular formula is C18H18F3N5O4. The second kappa shape index (κ2) is 7.80. The van der Waals surface area contributed by atoms with Crippen LogP contribution in [0.1, 0.15) is 17.4 Å². The van der Waals surface area contributed by atoms with Gasteiger partial charge in [0.15, 0.2) is 23.2 Å². The molecule has 0 bridgehead atoms. The van der Waals surface area contributed by atoms with E-state index < -0.39 is 42.9 Å². The van der Waals surface area contributed by atoms with Gasteiger partial charge in [0, 0.05) is 6.54 Å². The Labute approximate surface area is 167 Å². The van der Waals surface area contributed by atoms with Crippen LogP contribution in [0.2, 0.25) is 0 Å². The summed E-state index contributed by atoms with van der Waals surface area (Å²) in [5.74, 6) is 0.338. The van der Waals surface area contributed by atoms with Crippen molar-refractivity contribution in [3.05, 3.63) is 48.0 Å². The summed E-state index contributed by atoms with van der Waals surface area (Å²) in [4.78, 5) is 12.5. The maximum atomic E-state index is 12.7. The molecule has 9 nitrogen and oxygen atoms in total. The molecule has 0 saturated carbocycles. The molecule has 3 heterocycles. The number of ether oxygens (including phenoxy) is 1. The maximum absolute atomic E-state index is 12.7. The molecule has 1 aromatic carbocycles. The van der Waals surface area contributed by atoms with E-state index in [0.29, 0.717) is 22.5 Å². The average molecular weight is 425 g/mol. The van der Waals surface area contributed by atoms with Crippen LogP contribution in [0.4, 0.5) is 19.0 Å². The topological polar surface area (TPSA) is 126 Å². The predicted octanol–water partition coefficient (Wildman–Crippen LogP) is 1.07. The van der Waals surface area contributed by atoms with Gasteiger partial charge >= 0.3 is 6.18 Å². The monoisotopic (exact) mass is 425 g/mol. The number of hydrogen-bond donors (Lipinski definition) is 4. The van der Waals surface area contributed by atoms with Gasteiger partial charge in [-0.25, -0.2) is 15.0 Å². The molecule has 2 aromatic heterocycles. The standard InChI is InChI=1S/C18H18F3N5O4/c19-18(20,21)10-3-1-9(2-4-10)5-22-15-12-16(24-7-23-15)26(8-25-12)17-14(29)13(28)11(6-27)30-17/h1-4,7-8,11,13-14,17,27-29H,5-6H2,(H,22,23,24)/t11-,13-,14+,17-/m1/s1. The van der Waals surface area contributed by atoms with Crippen molar-refractivity contribution in [3.8, 4) is 0 Å². The first kappa shape index (κ1) is 20.5. The van der Waals surface area contributed by atoms with Gasteiger partial charge in [-0.1, -0.05) is 12.1 Å². The SMILES string of the molecule is OC[C@H]1O[C@@H](n2cnc3c(NCc4ccc(C(F)(F)F)cc4)ncnc32)[C@@H](O)[C@@H]1O. The number of fused-ring (bicyclic) bond motifs is 1. The van der Waals surface area contributed by atoms with Gasteiger partial charge in [0.2, 0.25) is 0 Å². The zero-order chi connectivity index (χ0) is 21.5. The summed E-state index contributed by atoms with van der Waals surface area (Å²) in [5, 5.41) is 32.4. The number of hydrogen-bond acceptors (Lipinski definition) is 8. The molecule has 0 radical (unpaired) electrons. The van der Waals surface area contributed by atoms with Crippen molar-refractivity contribution < 1.29 is 33.2 Å². The number of imidazole rings is 1. The Kier molecular flexibility index (Phi) is 5.32. The van der Waals surface area contributed by atoms with Crippen LogP contribution in [0.15, 0.2) is 36.9 Å². The highest BCUT2D eigenvalue weighted by Gasteiger charge is 2.44. The van der Waals surface area contributed by atoms with Gasteiger partial charge in [0.1, 0.15) is 24.6 Å². The minimum absolute atomic E-state index is 0.199. The van der Waals surface area contributed by atoms with Gasteiger partial charge in [-0.15, -0.1) is 0 Å². The van der Waals surface area contributed by atoms with Gasteiger partial charge in [-0.2, -0.15) is 13.2 Å². The van der Waals surface area contributed by atoms with Gasteiger partial charge in [-0.3, -0.25) is 4.57 Å². The summed E-state index contributed by atoms with van der Waals surface area (Å²) < 4.78 is 44.9. The summed E-state index contributed by atoms with van der Waals surface area (Å²) >= 11 is 0. The van der Waals surface area contributed by atoms with E-state index in [1.807, 2.05) is 0 Å². The fourth-order valence-electron chi connectivity index (χ4n) is 3.27. The largest absolute Gasteiger partial charge is 0.416 e. The number of aliphatic hydroxyl groups excluding tert-OH is 3. The van der Waals surface area contributed by atoms with Crippen LogP contribution in [-0.4, -0.2) is 59.8 Å². The normalized spacial score (nSPS) is 24.5. The van der Waals surface area contributed by atoms with E-state index in [1.165, 1.54) is 29.4 Å². The molecule has 4 N–H and O–H groups in total. The number of halogens is 3. The van der Waals surface area contributed by atoms with Gasteiger partial charge in [-0.05, 0) is 17.7 Å². The van der Waals surface area contributed by atoms with Crippen molar-refractivity contribution in [2.75, 3.05) is 11.9 Å². The molecule has 3 aromatic rings. The number of aromatic nitrogens is 4. The van der Waals surface area contributed by atoms with Gasteiger partial charge < -0.3 is 25.4 Å². The zero-order valence-corrected chi connectivity index (χ0v) is 15.4. The lowest BCUT2D eigenvalue weighted by atomic mass is 10.1. The van der Waals surface area contributed by atoms with Crippen molar-refractivity contribution in [1.82, 2.24) is 19.5 Å². The Hall–Kier alpha value is -2.80. The number of nitrogens with one attached hydrogen (secondary N) is 1. The second-order valence-electron chi connectivity index (χ2n) is 6.82. The fraction of sp³-hybridized carbons (Fsp3) is 0.389. The van der Waals surface area contributed by atoms with Crippen LogP contribution in [0.3, 0.4) is 0 Å². The van der Waals surface area contributed by atoms with Crippen molar-refractivity contribution in [2.24, 2.45) is 0 Å². The number of nitrogens with zero attached hydrogens (tertiary/aromatic N) is 4. The Balaban J connectivity index is 1.54. The predicted molar refractivity (Wildman–Crippen MR) is 97.1 cm³/mol. The molecule has 12 heteroatoms. The lowest BCUT2D eigenvalue weighted by Crippen LogP contribution is -2.33. The number of alkyl halides is 3. The summed E-state index contributed by atoms with van der Waals surface area (Å²) in [6, 6.07) is 4.74. The Morgan fingerprint density at radius 2 is 1.80 bits per heavy atom. The average Bonchev–Trinajstić information content (AvgIpc) is 3.27. The minimum atomic E-state index is -4.40. The van der Waals surface area contributed by atoms with Crippen molar-refractivity contribution in [1.29, 1.82) is 0 Å². The zero-order valence-electron chi connectivity index (χ0n) is 15.4. The minimum Gasteiger partial charge on any atom is -0.394 e. The highest BCUT2D eigenvalue weighted by molar-refractivity contribution is 5.82. The quantitative estimate of drug-likeness (QED) is 0.478. The first-order valence-corrected chi connectivity index (χ1v) is 8.99. The van der Waals surface area contributed by atoms with E-state index in [0.717, 1.165) is 12.1 Å². The third-order valence-electron chi connectivity index (χ3n) is 4.89. The molecule has 0 unspecified atom stereocenters. The number of benzene rings is 1. The number of rotatable bonds is 5. The third-order valence-corrected chi connectivity index (χ3v) is 4.89. The molecule has 160 valence electrons. The summed E-state index contributed by atoms with van der Waals surface area (Å²) in [5.41, 5.74) is 0.544. The summed E-state index contributed by atoms with van der Waals surface area (Å²) in [6.07, 6.45) is -6.27. The van der Waals surface area contributed by atoms with E-state index >= 15 is 0 Å². The highest BCUT2D eigenvalue weighted by atomic mass is 19.4. The first-order valence-electron chi connectivity index (χ1n) is 8.99. The smallest absolute Gasteiger partial charge is 0.394 e. The molecule has 1 aliphatic rings. The lowest BCUT2D eigenvalue weighted by molar-refractivity contribution is -0.137. The molecular weight excluding hydrogens is 407 g/mol. The van der Waals surface area contributed by atoms with Crippen LogP contribution in [-0.2, 0) is 17.5 Å². The van der Waals surface area contributed by atoms with Crippen molar-refractivity contribution >= 4 is 17.0 Å². The molecule has 1 fully saturated rings. The molecule has 0 aliphatic carbocycles. The summed E-state index contributed by atoms with van der Waals surface area (Å²) in [6.45, 7) is -0.263. The van der Waals surface area contributed by atoms with E-state index in [4.69, 9.17) is 4.74 Å². The molecule has 4 rings (SSSR count). The molecule has 0 spiro atoms. The van der Waals surface area contributed by atoms with Crippen LogP contribution in [0, 0.1) is 0 Å². The van der Waals surface area contributed by atoms with Crippen molar-refractivity contribution in [2.45, 2.75) is 37.3 Å². The number of anilines is 1. The molecule has 1 aliphatic heterocycles. The van der Waals surface area contributed by atoms with E-state index in [1.54, 1.807) is 0 Å². The highest BCUT2D eigenvalue weighted by Crippen LogP contribution is 2.32. The lowest BCUT2D eigenvalue weighted by Gasteiger charge is -2.16. The number of aliphatic hydroxyl groups is 3. The third kappa shape index (κ3) is 3.69. The second-order valence-corrected chi connectivity index (χ2v) is 6.82. The van der Waals surface area contributed by atoms with E-state index in [-0.39, 0.29) is 6.54 Å². The molecule has 30 heavy (non-hydrogen) atoms. The molecule has 0 amide bonds. The summed E-state index contributed by atoms with van der Waals surface area (Å²) in [7, 11) is 0. The Morgan fingerprint density at radius 1 is 1.07 bits per heavy atom. The van der Waals surface area contributed by atoms with E-state index in [2.05, 4.69) is 20.3 Å². The Morgan fingerprint density at radius 3 is 2.43 bits per heavy atom. The first-order chi connectivity index (χ1) is 14.3. The van der Waals surface area contributed by atoms with Crippen LogP contribution in [0.5, 0.6) is 0 Å². The van der Waals surface area contributed by atoms with Gasteiger partial charge in [0.05, 0.1) is 18.5 Å². The maximum Gasteiger partial charge on any atom is 0.416 e. The van der Waals surface area contributed by atoms with Gasteiger partial charge in [0.25, 0.3) is 0 Å². The van der Waals surface area contributed by atoms with E-state index in [9.17, 15) is 28.5 Å². The Bertz CT molecular complexity index is 1030. The molecule has 4 atom stereocenters. The fourth-order valence-corrected chi connectivity index (χ4v) is 3.27.